The molecule has 0 radical (unpaired) electrons. The summed E-state index contributed by atoms with van der Waals surface area (Å²) in [5, 5.41) is 17.6. The largest absolute Gasteiger partial charge is 0.480 e. The number of thiocarbonyl (C=S) groups is 1. The minimum Gasteiger partial charge on any atom is -0.480 e. The van der Waals surface area contributed by atoms with Crippen molar-refractivity contribution in [2.75, 3.05) is 18.0 Å². The topological polar surface area (TPSA) is 136 Å². The lowest BCUT2D eigenvalue weighted by Gasteiger charge is -2.26. The average Bonchev–Trinajstić information content (AvgIpc) is 3.93. The Balaban J connectivity index is 1.10. The van der Waals surface area contributed by atoms with E-state index in [0.29, 0.717) is 4.91 Å². The lowest BCUT2D eigenvalue weighted by Crippen LogP contribution is -2.33. The number of anilines is 3. The first kappa shape index (κ1) is 37.0. The number of carbonyl (C=O) groups is 5. The minimum absolute atomic E-state index is 0.192. The summed E-state index contributed by atoms with van der Waals surface area (Å²) in [5.41, 5.74) is 5.99. The molecule has 0 bridgehead atoms. The van der Waals surface area contributed by atoms with E-state index in [1.807, 2.05) is 55.5 Å². The van der Waals surface area contributed by atoms with Gasteiger partial charge in [0, 0.05) is 36.6 Å². The van der Waals surface area contributed by atoms with Crippen LogP contribution in [-0.4, -0.2) is 66.4 Å². The molecule has 0 unspecified atom stereocenters. The maximum atomic E-state index is 12.7. The summed E-state index contributed by atoms with van der Waals surface area (Å²) in [5.74, 6) is -3.39. The summed E-state index contributed by atoms with van der Waals surface area (Å²) in [7, 11) is 0. The number of thioether (sulfide) groups is 2. The fourth-order valence-electron chi connectivity index (χ4n) is 5.66. The van der Waals surface area contributed by atoms with Crippen LogP contribution in [0.5, 0.6) is 0 Å². The van der Waals surface area contributed by atoms with Gasteiger partial charge in [-0.2, -0.15) is 0 Å². The molecule has 3 amide bonds. The first-order valence-corrected chi connectivity index (χ1v) is 19.8. The van der Waals surface area contributed by atoms with Crippen LogP contribution in [0.2, 0.25) is 0 Å². The number of amides is 3. The van der Waals surface area contributed by atoms with Crippen molar-refractivity contribution < 1.29 is 34.2 Å². The molecule has 0 spiro atoms. The van der Waals surface area contributed by atoms with Crippen molar-refractivity contribution in [2.24, 2.45) is 0 Å². The molecular formula is C39H27N3O7S5. The molecule has 10 nitrogen and oxygen atoms in total. The van der Waals surface area contributed by atoms with E-state index in [0.717, 1.165) is 86.6 Å². The molecule has 0 saturated carbocycles. The summed E-state index contributed by atoms with van der Waals surface area (Å²) >= 11 is 10.0. The maximum absolute atomic E-state index is 12.7. The van der Waals surface area contributed by atoms with Crippen molar-refractivity contribution in [1.29, 1.82) is 0 Å². The second-order valence-electron chi connectivity index (χ2n) is 12.0. The van der Waals surface area contributed by atoms with Gasteiger partial charge in [-0.25, -0.2) is 0 Å². The van der Waals surface area contributed by atoms with Gasteiger partial charge in [0.25, 0.3) is 17.1 Å². The minimum atomic E-state index is -1.25. The van der Waals surface area contributed by atoms with E-state index in [1.54, 1.807) is 12.2 Å². The average molecular weight is 810 g/mol. The Morgan fingerprint density at radius 2 is 1.06 bits per heavy atom. The number of carboxylic acids is 2. The molecule has 2 aliphatic heterocycles. The third-order valence-corrected chi connectivity index (χ3v) is 12.7. The van der Waals surface area contributed by atoms with Crippen molar-refractivity contribution in [3.8, 4) is 20.9 Å². The number of carbonyl (C=O) groups excluding carboxylic acids is 3. The Morgan fingerprint density at radius 1 is 0.630 bits per heavy atom. The third kappa shape index (κ3) is 7.95. The van der Waals surface area contributed by atoms with Crippen molar-refractivity contribution >= 4 is 121 Å². The number of thiophene rings is 2. The molecule has 2 N–H and O–H groups in total. The van der Waals surface area contributed by atoms with Crippen molar-refractivity contribution in [3.05, 3.63) is 122 Å². The molecule has 2 saturated heterocycles. The molecule has 0 atom stereocenters. The van der Waals surface area contributed by atoms with Crippen LogP contribution in [-0.2, 0) is 19.2 Å². The van der Waals surface area contributed by atoms with Gasteiger partial charge in [0.05, 0.1) is 9.81 Å². The maximum Gasteiger partial charge on any atom is 0.323 e. The number of aryl methyl sites for hydroxylation is 1. The monoisotopic (exact) mass is 809 g/mol. The van der Waals surface area contributed by atoms with Gasteiger partial charge in [-0.3, -0.25) is 33.8 Å². The fourth-order valence-corrected chi connectivity index (χ4v) is 9.80. The van der Waals surface area contributed by atoms with Crippen molar-refractivity contribution in [2.45, 2.75) is 6.92 Å². The summed E-state index contributed by atoms with van der Waals surface area (Å²) < 4.78 is 0.230. The highest BCUT2D eigenvalue weighted by Gasteiger charge is 2.36. The predicted molar refractivity (Wildman–Crippen MR) is 220 cm³/mol. The molecule has 3 aromatic carbocycles. The number of aliphatic carboxylic acids is 2. The van der Waals surface area contributed by atoms with E-state index < -0.39 is 42.1 Å². The highest BCUT2D eigenvalue weighted by atomic mass is 32.2. The van der Waals surface area contributed by atoms with Gasteiger partial charge in [0.1, 0.15) is 17.4 Å². The zero-order valence-electron chi connectivity index (χ0n) is 28.1. The lowest BCUT2D eigenvalue weighted by molar-refractivity contribution is -0.140. The Morgan fingerprint density at radius 3 is 1.54 bits per heavy atom. The zero-order valence-corrected chi connectivity index (χ0v) is 32.2. The van der Waals surface area contributed by atoms with E-state index in [9.17, 15) is 24.0 Å². The van der Waals surface area contributed by atoms with E-state index in [2.05, 4.69) is 53.4 Å². The number of imide groups is 1. The zero-order chi connectivity index (χ0) is 38.1. The molecule has 54 heavy (non-hydrogen) atoms. The Bertz CT molecular complexity index is 2250. The van der Waals surface area contributed by atoms with E-state index in [1.165, 1.54) is 22.7 Å². The lowest BCUT2D eigenvalue weighted by atomic mass is 10.1. The Labute approximate surface area is 331 Å². The summed E-state index contributed by atoms with van der Waals surface area (Å²) in [6, 6.07) is 32.4. The number of nitrogens with zero attached hydrogens (tertiary/aromatic N) is 3. The Kier molecular flexibility index (Phi) is 10.7. The summed E-state index contributed by atoms with van der Waals surface area (Å²) in [4.78, 5) is 67.9. The standard InChI is InChI=1S/C39H27N3O7S5/c1-22-2-8-25(9-3-22)42(26-10-4-23(5-11-26)30-16-14-28(51-30)18-32-36(47)40(20-34(43)44)38(49)53-32)27-12-6-24(7-13-27)31-17-15-29(52-31)19-33-37(48)41(21-35(45)46)39(50)54-33/h2-19H,20-21H2,1H3,(H,43,44)(H,45,46)/b32-18+,33-19-. The van der Waals surface area contributed by atoms with Gasteiger partial charge in [-0.1, -0.05) is 65.9 Å². The second-order valence-corrected chi connectivity index (χ2v) is 16.9. The highest BCUT2D eigenvalue weighted by molar-refractivity contribution is 8.26. The van der Waals surface area contributed by atoms with Crippen LogP contribution in [0.3, 0.4) is 0 Å². The molecule has 2 fully saturated rings. The summed E-state index contributed by atoms with van der Waals surface area (Å²) in [6.07, 6.45) is 3.37. The van der Waals surface area contributed by atoms with Crippen LogP contribution in [0, 0.1) is 6.92 Å². The van der Waals surface area contributed by atoms with E-state index >= 15 is 0 Å². The molecule has 0 aliphatic carbocycles. The highest BCUT2D eigenvalue weighted by Crippen LogP contribution is 2.40. The third-order valence-electron chi connectivity index (χ3n) is 8.25. The van der Waals surface area contributed by atoms with Crippen LogP contribution in [0.1, 0.15) is 15.3 Å². The molecule has 4 heterocycles. The van der Waals surface area contributed by atoms with Crippen LogP contribution in [0.4, 0.5) is 21.9 Å². The van der Waals surface area contributed by atoms with Crippen molar-refractivity contribution in [3.63, 3.8) is 0 Å². The first-order chi connectivity index (χ1) is 25.9. The van der Waals surface area contributed by atoms with Gasteiger partial charge in [-0.05, 0) is 103 Å². The van der Waals surface area contributed by atoms with Crippen molar-refractivity contribution in [1.82, 2.24) is 9.80 Å². The number of hydrogen-bond acceptors (Lipinski definition) is 11. The van der Waals surface area contributed by atoms with Gasteiger partial charge in [0.15, 0.2) is 0 Å². The number of rotatable bonds is 11. The van der Waals surface area contributed by atoms with Gasteiger partial charge < -0.3 is 15.1 Å². The van der Waals surface area contributed by atoms with E-state index in [-0.39, 0.29) is 9.23 Å². The Hall–Kier alpha value is -5.32. The fraction of sp³-hybridized carbons (Fsp3) is 0.0769. The van der Waals surface area contributed by atoms with Gasteiger partial charge in [0.2, 0.25) is 0 Å². The van der Waals surface area contributed by atoms with Crippen LogP contribution < -0.4 is 4.90 Å². The number of carboxylic acid groups (broad SMARTS) is 2. The molecule has 2 aromatic heterocycles. The molecule has 15 heteroatoms. The van der Waals surface area contributed by atoms with Crippen LogP contribution >= 0.6 is 58.4 Å². The van der Waals surface area contributed by atoms with Gasteiger partial charge in [-0.15, -0.1) is 22.7 Å². The molecular weight excluding hydrogens is 783 g/mol. The quantitative estimate of drug-likeness (QED) is 0.0976. The van der Waals surface area contributed by atoms with Crippen LogP contribution in [0.15, 0.2) is 107 Å². The second kappa shape index (κ2) is 15.6. The normalized spacial score (nSPS) is 15.9. The van der Waals surface area contributed by atoms with E-state index in [4.69, 9.17) is 22.4 Å². The smallest absolute Gasteiger partial charge is 0.323 e. The number of hydrogen-bond donors (Lipinski definition) is 2. The van der Waals surface area contributed by atoms with Gasteiger partial charge >= 0.3 is 11.9 Å². The predicted octanol–water partition coefficient (Wildman–Crippen LogP) is 9.33. The molecule has 7 rings (SSSR count). The first-order valence-electron chi connectivity index (χ1n) is 16.1. The molecule has 5 aromatic rings. The molecule has 270 valence electrons. The number of benzene rings is 3. The summed E-state index contributed by atoms with van der Waals surface area (Å²) in [6.45, 7) is 0.913. The SMILES string of the molecule is Cc1ccc(N(c2ccc(-c3ccc(/C=C4\SC(=S)N(CC(=O)O)C4=O)s3)cc2)c2ccc(-c3ccc(/C=C4/SC(=O)N(CC(=O)O)C4=O)s3)cc2)cc1. The van der Waals surface area contributed by atoms with Crippen LogP contribution in [0.25, 0.3) is 33.0 Å². The molecule has 2 aliphatic rings.